The van der Waals surface area contributed by atoms with Gasteiger partial charge in [-0.2, -0.15) is 0 Å². The molecule has 0 saturated heterocycles. The van der Waals surface area contributed by atoms with Gasteiger partial charge in [0.2, 0.25) is 5.91 Å². The van der Waals surface area contributed by atoms with Gasteiger partial charge in [0.15, 0.2) is 10.1 Å². The van der Waals surface area contributed by atoms with Crippen molar-refractivity contribution < 1.29 is 23.9 Å². The van der Waals surface area contributed by atoms with E-state index in [1.54, 1.807) is 0 Å². The van der Waals surface area contributed by atoms with E-state index in [9.17, 15) is 19.5 Å². The lowest BCUT2D eigenvalue weighted by Crippen LogP contribution is -2.53. The number of fused-ring (bicyclic) bond motifs is 2. The van der Waals surface area contributed by atoms with Crippen LogP contribution in [-0.4, -0.2) is 37.0 Å². The van der Waals surface area contributed by atoms with Gasteiger partial charge >= 0.3 is 11.9 Å². The summed E-state index contributed by atoms with van der Waals surface area (Å²) in [4.78, 5) is 32.1. The maximum atomic E-state index is 12.7. The zero-order valence-corrected chi connectivity index (χ0v) is 17.3. The van der Waals surface area contributed by atoms with E-state index >= 15 is 0 Å². The monoisotopic (exact) mass is 494 g/mol. The summed E-state index contributed by atoms with van der Waals surface area (Å²) in [5.41, 5.74) is 4.11. The Morgan fingerprint density at radius 2 is 1.56 bits per heavy atom. The van der Waals surface area contributed by atoms with Crippen molar-refractivity contribution in [3.8, 4) is 0 Å². The van der Waals surface area contributed by atoms with Crippen molar-refractivity contribution in [2.75, 3.05) is 0 Å². The summed E-state index contributed by atoms with van der Waals surface area (Å²) in [5, 5.41) is 8.93. The molecule has 1 fully saturated rings. The third kappa shape index (κ3) is 2.52. The minimum atomic E-state index is -2.23. The topological polar surface area (TPSA) is 109 Å². The fourth-order valence-electron chi connectivity index (χ4n) is 3.29. The van der Waals surface area contributed by atoms with Crippen molar-refractivity contribution in [3.63, 3.8) is 0 Å². The van der Waals surface area contributed by atoms with Crippen LogP contribution in [0.3, 0.4) is 0 Å². The number of carbonyl (C=O) groups excluding carboxylic acids is 2. The number of aliphatic carboxylic acids is 1. The highest BCUT2D eigenvalue weighted by atomic mass is 35.5. The summed E-state index contributed by atoms with van der Waals surface area (Å²) in [6.45, 7) is 0. The van der Waals surface area contributed by atoms with Gasteiger partial charge in [0.1, 0.15) is 9.75 Å². The van der Waals surface area contributed by atoms with E-state index in [0.717, 1.165) is 0 Å². The van der Waals surface area contributed by atoms with Gasteiger partial charge in [-0.25, -0.2) is 0 Å². The smallest absolute Gasteiger partial charge is 0.309 e. The number of furan rings is 1. The summed E-state index contributed by atoms with van der Waals surface area (Å²) >= 11 is 37.6. The number of carboxylic acid groups (broad SMARTS) is 1. The Balaban J connectivity index is 1.95. The zero-order valence-electron chi connectivity index (χ0n) is 12.7. The highest BCUT2D eigenvalue weighted by Crippen LogP contribution is 2.76. The first-order valence-corrected chi connectivity index (χ1v) is 9.37. The van der Waals surface area contributed by atoms with Crippen LogP contribution in [0.4, 0.5) is 0 Å². The van der Waals surface area contributed by atoms with Gasteiger partial charge in [-0.15, -0.1) is 23.2 Å². The number of hydrazine groups is 1. The molecule has 0 unspecified atom stereocenters. The fourth-order valence-corrected chi connectivity index (χ4v) is 6.23. The molecule has 3 rings (SSSR count). The van der Waals surface area contributed by atoms with E-state index in [0.29, 0.717) is 0 Å². The predicted octanol–water partition coefficient (Wildman–Crippen LogP) is 3.20. The Bertz CT molecular complexity index is 871. The molecule has 1 saturated carbocycles. The van der Waals surface area contributed by atoms with Crippen molar-refractivity contribution in [2.24, 2.45) is 11.8 Å². The van der Waals surface area contributed by atoms with Crippen LogP contribution in [0.25, 0.3) is 0 Å². The van der Waals surface area contributed by atoms with Gasteiger partial charge in [0, 0.05) is 0 Å². The normalized spacial score (nSPS) is 33.9. The molecule has 3 N–H and O–H groups in total. The molecule has 146 valence electrons. The molecule has 1 heterocycles. The number of nitrogens with one attached hydrogen (secondary N) is 2. The molecule has 2 aliphatic rings. The predicted molar refractivity (Wildman–Crippen MR) is 99.3 cm³/mol. The van der Waals surface area contributed by atoms with Gasteiger partial charge in [0.25, 0.3) is 0 Å². The van der Waals surface area contributed by atoms with Crippen LogP contribution in [0, 0.1) is 11.8 Å². The molecular formula is C14H8Cl6N2O5. The minimum Gasteiger partial charge on any atom is -0.481 e. The standard InChI is InChI=1S/C14H8Cl6N2O5/c15-7-8(16)13(18)6(11(25)26)5(12(7,17)14(13,19)20)10(24)22-21-9(23)4-2-1-3-27-4/h1-3,5-6H,(H,21,23)(H,22,24)(H,25,26)/t5-,6-,12+,13+/m0/s1. The summed E-state index contributed by atoms with van der Waals surface area (Å²) in [7, 11) is 0. The first-order chi connectivity index (χ1) is 12.4. The highest BCUT2D eigenvalue weighted by molar-refractivity contribution is 6.66. The number of alkyl halides is 4. The second kappa shape index (κ2) is 6.61. The van der Waals surface area contributed by atoms with E-state index < -0.39 is 43.7 Å². The second-order valence-electron chi connectivity index (χ2n) is 5.84. The third-order valence-electron chi connectivity index (χ3n) is 4.53. The molecular weight excluding hydrogens is 489 g/mol. The summed E-state index contributed by atoms with van der Waals surface area (Å²) in [6.07, 6.45) is 1.25. The molecule has 2 bridgehead atoms. The second-order valence-corrected chi connectivity index (χ2v) is 9.12. The Labute approximate surface area is 181 Å². The van der Waals surface area contributed by atoms with E-state index in [1.165, 1.54) is 18.4 Å². The summed E-state index contributed by atoms with van der Waals surface area (Å²) in [6, 6.07) is 2.80. The van der Waals surface area contributed by atoms with Crippen LogP contribution in [0.5, 0.6) is 0 Å². The maximum absolute atomic E-state index is 12.7. The molecule has 4 atom stereocenters. The number of carbonyl (C=O) groups is 3. The Hall–Kier alpha value is -0.830. The molecule has 2 aliphatic carbocycles. The zero-order chi connectivity index (χ0) is 20.4. The molecule has 1 aromatic rings. The van der Waals surface area contributed by atoms with Crippen molar-refractivity contribution >= 4 is 87.4 Å². The maximum Gasteiger partial charge on any atom is 0.309 e. The van der Waals surface area contributed by atoms with Crippen molar-refractivity contribution in [2.45, 2.75) is 14.1 Å². The van der Waals surface area contributed by atoms with E-state index in [2.05, 4.69) is 10.9 Å². The molecule has 27 heavy (non-hydrogen) atoms. The quantitative estimate of drug-likeness (QED) is 0.440. The molecule has 0 aliphatic heterocycles. The molecule has 1 aromatic heterocycles. The van der Waals surface area contributed by atoms with Crippen LogP contribution >= 0.6 is 69.6 Å². The number of hydrogen-bond acceptors (Lipinski definition) is 4. The minimum absolute atomic E-state index is 0.0996. The van der Waals surface area contributed by atoms with E-state index in [1.807, 2.05) is 0 Å². The number of carboxylic acids is 1. The lowest BCUT2D eigenvalue weighted by molar-refractivity contribution is -0.147. The van der Waals surface area contributed by atoms with Gasteiger partial charge in [0.05, 0.1) is 28.2 Å². The van der Waals surface area contributed by atoms with Crippen molar-refractivity contribution in [1.29, 1.82) is 0 Å². The first-order valence-electron chi connectivity index (χ1n) is 7.10. The van der Waals surface area contributed by atoms with Crippen LogP contribution in [0.1, 0.15) is 10.6 Å². The van der Waals surface area contributed by atoms with Gasteiger partial charge in [-0.3, -0.25) is 25.2 Å². The largest absolute Gasteiger partial charge is 0.481 e. The van der Waals surface area contributed by atoms with Gasteiger partial charge in [-0.1, -0.05) is 46.4 Å². The summed E-state index contributed by atoms with van der Waals surface area (Å²) < 4.78 is 2.64. The number of rotatable bonds is 3. The molecule has 0 radical (unpaired) electrons. The molecule has 2 amide bonds. The molecule has 13 heteroatoms. The first kappa shape index (κ1) is 20.9. The highest BCUT2D eigenvalue weighted by Gasteiger charge is 2.85. The van der Waals surface area contributed by atoms with Crippen LogP contribution in [0.2, 0.25) is 0 Å². The number of allylic oxidation sites excluding steroid dienone is 2. The van der Waals surface area contributed by atoms with Gasteiger partial charge in [-0.05, 0) is 12.1 Å². The van der Waals surface area contributed by atoms with Gasteiger partial charge < -0.3 is 9.52 Å². The van der Waals surface area contributed by atoms with E-state index in [-0.39, 0.29) is 15.8 Å². The Kier molecular flexibility index (Phi) is 5.11. The number of hydrogen-bond donors (Lipinski definition) is 3. The molecule has 0 spiro atoms. The lowest BCUT2D eigenvalue weighted by atomic mass is 9.81. The lowest BCUT2D eigenvalue weighted by Gasteiger charge is -2.33. The fraction of sp³-hybridized carbons (Fsp3) is 0.357. The van der Waals surface area contributed by atoms with Crippen molar-refractivity contribution in [1.82, 2.24) is 10.9 Å². The average molecular weight is 497 g/mol. The molecule has 0 aromatic carbocycles. The van der Waals surface area contributed by atoms with E-state index in [4.69, 9.17) is 74.0 Å². The summed E-state index contributed by atoms with van der Waals surface area (Å²) in [5.74, 6) is -6.85. The third-order valence-corrected chi connectivity index (χ3v) is 8.79. The number of halogens is 6. The Morgan fingerprint density at radius 1 is 1.00 bits per heavy atom. The van der Waals surface area contributed by atoms with Crippen LogP contribution in [0.15, 0.2) is 32.9 Å². The Morgan fingerprint density at radius 3 is 2.04 bits per heavy atom. The van der Waals surface area contributed by atoms with Crippen molar-refractivity contribution in [3.05, 3.63) is 34.2 Å². The SMILES string of the molecule is O=C(NNC(=O)[C@@H]1[C@@H](C(=O)O)[C@@]2(Cl)C(Cl)=C(Cl)[C@@]1(Cl)C2(Cl)Cl)c1ccco1. The van der Waals surface area contributed by atoms with Crippen LogP contribution < -0.4 is 10.9 Å². The molecule has 7 nitrogen and oxygen atoms in total. The number of amides is 2. The van der Waals surface area contributed by atoms with Crippen LogP contribution in [-0.2, 0) is 9.59 Å². The average Bonchev–Trinajstić information content (AvgIpc) is 3.20.